The molecule has 5 heteroatoms. The summed E-state index contributed by atoms with van der Waals surface area (Å²) in [6.45, 7) is 2.08. The standard InChI is InChI=1S/C21H25F2NO2/c1-26-19-7-8-20(23)17(11-19)13-24-10-2-9-21(14-24,15-25)12-16-3-5-18(22)6-4-16/h3-8,11,25H,2,9-10,12-15H2,1H3/t21-/m1/s1. The van der Waals surface area contributed by atoms with Crippen LogP contribution < -0.4 is 4.74 Å². The smallest absolute Gasteiger partial charge is 0.127 e. The number of aliphatic hydroxyl groups excluding tert-OH is 1. The average molecular weight is 361 g/mol. The van der Waals surface area contributed by atoms with Gasteiger partial charge in [-0.25, -0.2) is 8.78 Å². The van der Waals surface area contributed by atoms with Gasteiger partial charge in [0.25, 0.3) is 0 Å². The Labute approximate surface area is 153 Å². The van der Waals surface area contributed by atoms with Crippen LogP contribution in [-0.2, 0) is 13.0 Å². The van der Waals surface area contributed by atoms with Gasteiger partial charge in [0.2, 0.25) is 0 Å². The van der Waals surface area contributed by atoms with Crippen LogP contribution in [0.25, 0.3) is 0 Å². The normalized spacial score (nSPS) is 20.9. The van der Waals surface area contributed by atoms with Gasteiger partial charge in [-0.2, -0.15) is 0 Å². The summed E-state index contributed by atoms with van der Waals surface area (Å²) in [7, 11) is 1.57. The maximum Gasteiger partial charge on any atom is 0.127 e. The number of nitrogens with zero attached hydrogens (tertiary/aromatic N) is 1. The summed E-state index contributed by atoms with van der Waals surface area (Å²) < 4.78 is 32.5. The topological polar surface area (TPSA) is 32.7 Å². The number of halogens is 2. The molecule has 26 heavy (non-hydrogen) atoms. The molecule has 2 aromatic carbocycles. The van der Waals surface area contributed by atoms with Crippen molar-refractivity contribution >= 4 is 0 Å². The van der Waals surface area contributed by atoms with E-state index in [2.05, 4.69) is 4.90 Å². The number of benzene rings is 2. The van der Waals surface area contributed by atoms with Gasteiger partial charge in [-0.3, -0.25) is 4.90 Å². The summed E-state index contributed by atoms with van der Waals surface area (Å²) in [5.74, 6) is 0.133. The lowest BCUT2D eigenvalue weighted by Crippen LogP contribution is -2.46. The van der Waals surface area contributed by atoms with Crippen LogP contribution >= 0.6 is 0 Å². The van der Waals surface area contributed by atoms with Crippen LogP contribution in [0.3, 0.4) is 0 Å². The summed E-state index contributed by atoms with van der Waals surface area (Å²) in [6.07, 6.45) is 2.52. The van der Waals surface area contributed by atoms with Crippen LogP contribution in [-0.4, -0.2) is 36.8 Å². The summed E-state index contributed by atoms with van der Waals surface area (Å²) in [6, 6.07) is 11.2. The van der Waals surface area contributed by atoms with Gasteiger partial charge in [0.1, 0.15) is 17.4 Å². The molecular formula is C21H25F2NO2. The van der Waals surface area contributed by atoms with Gasteiger partial charge in [-0.05, 0) is 61.7 Å². The number of aliphatic hydroxyl groups is 1. The first-order valence-corrected chi connectivity index (χ1v) is 8.94. The van der Waals surface area contributed by atoms with E-state index >= 15 is 0 Å². The number of hydrogen-bond donors (Lipinski definition) is 1. The van der Waals surface area contributed by atoms with Gasteiger partial charge < -0.3 is 9.84 Å². The van der Waals surface area contributed by atoms with E-state index in [1.165, 1.54) is 18.2 Å². The third-order valence-corrected chi connectivity index (χ3v) is 5.22. The van der Waals surface area contributed by atoms with Crippen molar-refractivity contribution in [3.63, 3.8) is 0 Å². The van der Waals surface area contributed by atoms with Gasteiger partial charge in [-0.1, -0.05) is 12.1 Å². The maximum atomic E-state index is 14.2. The molecule has 0 saturated carbocycles. The van der Waals surface area contributed by atoms with Crippen LogP contribution in [0.4, 0.5) is 8.78 Å². The largest absolute Gasteiger partial charge is 0.497 e. The average Bonchev–Trinajstić information content (AvgIpc) is 2.66. The highest BCUT2D eigenvalue weighted by atomic mass is 19.1. The van der Waals surface area contributed by atoms with E-state index in [1.807, 2.05) is 0 Å². The molecule has 1 atom stereocenters. The van der Waals surface area contributed by atoms with Crippen LogP contribution in [0, 0.1) is 17.0 Å². The molecule has 0 aromatic heterocycles. The molecule has 3 rings (SSSR count). The molecule has 2 aromatic rings. The molecule has 1 heterocycles. The van der Waals surface area contributed by atoms with Gasteiger partial charge in [0, 0.05) is 24.1 Å². The molecule has 1 fully saturated rings. The monoisotopic (exact) mass is 361 g/mol. The molecule has 0 radical (unpaired) electrons. The van der Waals surface area contributed by atoms with E-state index in [1.54, 1.807) is 31.4 Å². The second-order valence-corrected chi connectivity index (χ2v) is 7.23. The van der Waals surface area contributed by atoms with Crippen molar-refractivity contribution in [3.8, 4) is 5.75 Å². The molecule has 1 N–H and O–H groups in total. The van der Waals surface area contributed by atoms with E-state index in [-0.39, 0.29) is 23.7 Å². The Morgan fingerprint density at radius 1 is 1.15 bits per heavy atom. The van der Waals surface area contributed by atoms with Gasteiger partial charge >= 0.3 is 0 Å². The fourth-order valence-electron chi connectivity index (χ4n) is 3.85. The number of likely N-dealkylation sites (tertiary alicyclic amines) is 1. The fourth-order valence-corrected chi connectivity index (χ4v) is 3.85. The summed E-state index contributed by atoms with van der Waals surface area (Å²) in [5, 5.41) is 10.1. The van der Waals surface area contributed by atoms with Crippen molar-refractivity contribution in [3.05, 3.63) is 65.2 Å². The molecule has 0 bridgehead atoms. The lowest BCUT2D eigenvalue weighted by atomic mass is 9.75. The van der Waals surface area contributed by atoms with Crippen LogP contribution in [0.2, 0.25) is 0 Å². The van der Waals surface area contributed by atoms with Crippen molar-refractivity contribution in [2.45, 2.75) is 25.8 Å². The van der Waals surface area contributed by atoms with Gasteiger partial charge in [0.15, 0.2) is 0 Å². The molecule has 1 aliphatic heterocycles. The zero-order chi connectivity index (χ0) is 18.6. The Morgan fingerprint density at radius 3 is 2.62 bits per heavy atom. The second-order valence-electron chi connectivity index (χ2n) is 7.23. The molecule has 140 valence electrons. The van der Waals surface area contributed by atoms with Crippen LogP contribution in [0.5, 0.6) is 5.75 Å². The van der Waals surface area contributed by atoms with Crippen molar-refractivity contribution < 1.29 is 18.6 Å². The van der Waals surface area contributed by atoms with E-state index in [4.69, 9.17) is 4.74 Å². The van der Waals surface area contributed by atoms with Crippen molar-refractivity contribution in [2.75, 3.05) is 26.8 Å². The number of piperidine rings is 1. The third kappa shape index (κ3) is 4.40. The highest BCUT2D eigenvalue weighted by Gasteiger charge is 2.35. The SMILES string of the molecule is COc1ccc(F)c(CN2CCC[C@@](CO)(Cc3ccc(F)cc3)C2)c1. The molecule has 0 amide bonds. The number of rotatable bonds is 6. The quantitative estimate of drug-likeness (QED) is 0.850. The summed E-state index contributed by atoms with van der Waals surface area (Å²) in [5.41, 5.74) is 1.32. The molecule has 1 aliphatic rings. The van der Waals surface area contributed by atoms with E-state index in [0.29, 0.717) is 30.8 Å². The molecule has 0 spiro atoms. The molecule has 1 saturated heterocycles. The van der Waals surface area contributed by atoms with Crippen molar-refractivity contribution in [1.29, 1.82) is 0 Å². The van der Waals surface area contributed by atoms with Gasteiger partial charge in [0.05, 0.1) is 13.7 Å². The zero-order valence-corrected chi connectivity index (χ0v) is 15.0. The Morgan fingerprint density at radius 2 is 1.92 bits per heavy atom. The number of hydrogen-bond acceptors (Lipinski definition) is 3. The summed E-state index contributed by atoms with van der Waals surface area (Å²) in [4.78, 5) is 2.18. The van der Waals surface area contributed by atoms with Crippen molar-refractivity contribution in [2.24, 2.45) is 5.41 Å². The van der Waals surface area contributed by atoms with Crippen molar-refractivity contribution in [1.82, 2.24) is 4.90 Å². The Hall–Kier alpha value is -1.98. The fraction of sp³-hybridized carbons (Fsp3) is 0.429. The van der Waals surface area contributed by atoms with E-state index in [9.17, 15) is 13.9 Å². The molecular weight excluding hydrogens is 336 g/mol. The number of methoxy groups -OCH3 is 1. The van der Waals surface area contributed by atoms with E-state index in [0.717, 1.165) is 24.9 Å². The highest BCUT2D eigenvalue weighted by molar-refractivity contribution is 5.30. The first-order valence-electron chi connectivity index (χ1n) is 8.94. The van der Waals surface area contributed by atoms with Crippen LogP contribution in [0.15, 0.2) is 42.5 Å². The molecule has 0 aliphatic carbocycles. The van der Waals surface area contributed by atoms with Gasteiger partial charge in [-0.15, -0.1) is 0 Å². The minimum Gasteiger partial charge on any atom is -0.497 e. The molecule has 3 nitrogen and oxygen atoms in total. The van der Waals surface area contributed by atoms with Crippen LogP contribution in [0.1, 0.15) is 24.0 Å². The Kier molecular flexibility index (Phi) is 5.89. The predicted molar refractivity (Wildman–Crippen MR) is 97.1 cm³/mol. The molecule has 0 unspecified atom stereocenters. The third-order valence-electron chi connectivity index (χ3n) is 5.22. The first kappa shape index (κ1) is 18.8. The Balaban J connectivity index is 1.73. The Bertz CT molecular complexity index is 735. The second kappa shape index (κ2) is 8.14. The van der Waals surface area contributed by atoms with E-state index < -0.39 is 0 Å². The summed E-state index contributed by atoms with van der Waals surface area (Å²) >= 11 is 0. The highest BCUT2D eigenvalue weighted by Crippen LogP contribution is 2.34. The minimum absolute atomic E-state index is 0.0570. The lowest BCUT2D eigenvalue weighted by molar-refractivity contribution is 0.0284. The zero-order valence-electron chi connectivity index (χ0n) is 15.0. The predicted octanol–water partition coefficient (Wildman–Crippen LogP) is 3.79. The lowest BCUT2D eigenvalue weighted by Gasteiger charge is -2.42. The number of ether oxygens (including phenoxy) is 1. The minimum atomic E-state index is -0.286. The maximum absolute atomic E-state index is 14.2. The first-order chi connectivity index (χ1) is 12.5.